The average molecular weight is 218 g/mol. The first-order valence-corrected chi connectivity index (χ1v) is 4.30. The minimum Gasteiger partial charge on any atom is -0.477 e. The van der Waals surface area contributed by atoms with E-state index in [4.69, 9.17) is 10.2 Å². The quantitative estimate of drug-likeness (QED) is 0.545. The summed E-state index contributed by atoms with van der Waals surface area (Å²) < 4.78 is 7.69. The molecule has 2 heterocycles. The van der Waals surface area contributed by atoms with Gasteiger partial charge in [0.1, 0.15) is 11.1 Å². The molecule has 6 heteroatoms. The van der Waals surface area contributed by atoms with Crippen molar-refractivity contribution in [1.29, 1.82) is 0 Å². The Morgan fingerprint density at radius 2 is 1.25 bits per heavy atom. The van der Waals surface area contributed by atoms with Gasteiger partial charge >= 0.3 is 35.8 Å². The molecule has 6 nitrogen and oxygen atoms in total. The minimum absolute atomic E-state index is 0.0508. The third-order valence-electron chi connectivity index (χ3n) is 2.03. The Balaban J connectivity index is 2.27. The van der Waals surface area contributed by atoms with E-state index in [0.717, 1.165) is 0 Å². The molecule has 16 heavy (non-hydrogen) atoms. The smallest absolute Gasteiger partial charge is 0.416 e. The van der Waals surface area contributed by atoms with E-state index in [9.17, 15) is 9.59 Å². The van der Waals surface area contributed by atoms with E-state index in [-0.39, 0.29) is 11.1 Å². The highest BCUT2D eigenvalue weighted by molar-refractivity contribution is 6.54. The van der Waals surface area contributed by atoms with Gasteiger partial charge in [0.15, 0.2) is 0 Å². The van der Waals surface area contributed by atoms with Gasteiger partial charge in [-0.15, -0.1) is 0 Å². The zero-order valence-electron chi connectivity index (χ0n) is 7.91. The van der Waals surface area contributed by atoms with Gasteiger partial charge in [-0.05, 0) is 0 Å². The summed E-state index contributed by atoms with van der Waals surface area (Å²) in [6.45, 7) is 0. The van der Waals surface area contributed by atoms with E-state index in [1.165, 1.54) is 24.6 Å². The maximum Gasteiger partial charge on any atom is 0.416 e. The molecular formula is C10H6N2O4+2. The number of hydrogen-bond donors (Lipinski definition) is 2. The summed E-state index contributed by atoms with van der Waals surface area (Å²) >= 11 is 0. The van der Waals surface area contributed by atoms with Crippen LogP contribution in [0.3, 0.4) is 0 Å². The topological polar surface area (TPSA) is 103 Å². The molecule has 0 spiro atoms. The highest BCUT2D eigenvalue weighted by Crippen LogP contribution is 2.00. The summed E-state index contributed by atoms with van der Waals surface area (Å²) in [5.74, 6) is -2.16. The summed E-state index contributed by atoms with van der Waals surface area (Å²) in [5.41, 5.74) is 0.805. The lowest BCUT2D eigenvalue weighted by Crippen LogP contribution is -2.11. The Bertz CT molecular complexity index is 540. The van der Waals surface area contributed by atoms with Crippen LogP contribution >= 0.6 is 0 Å². The summed E-state index contributed by atoms with van der Waals surface area (Å²) in [6.07, 6.45) is 5.09. The third-order valence-corrected chi connectivity index (χ3v) is 2.03. The van der Waals surface area contributed by atoms with Crippen molar-refractivity contribution in [2.24, 2.45) is 0 Å². The molecule has 2 N–H and O–H groups in total. The fourth-order valence-electron chi connectivity index (χ4n) is 1.24. The third kappa shape index (κ3) is 1.62. The standard InChI is InChI=1S/C10H4N2O4/c13-9(14)5-1-7(11-3-5)8-2-6(4-12-8)10(15)16/h1-4H/p+2. The largest absolute Gasteiger partial charge is 0.477 e. The van der Waals surface area contributed by atoms with Crippen molar-refractivity contribution < 1.29 is 19.8 Å². The Kier molecular flexibility index (Phi) is 2.14. The molecule has 2 aliphatic heterocycles. The Hall–Kier alpha value is -2.68. The Morgan fingerprint density at radius 3 is 1.50 bits per heavy atom. The van der Waals surface area contributed by atoms with E-state index in [2.05, 4.69) is 9.34 Å². The second-order valence-corrected chi connectivity index (χ2v) is 3.10. The normalized spacial score (nSPS) is 16.8. The molecule has 78 valence electrons. The van der Waals surface area contributed by atoms with Crippen LogP contribution in [0.15, 0.2) is 23.3 Å². The van der Waals surface area contributed by atoms with Gasteiger partial charge in [-0.1, -0.05) is 9.34 Å². The molecule has 0 saturated carbocycles. The molecule has 2 rings (SSSR count). The second kappa shape index (κ2) is 3.47. The van der Waals surface area contributed by atoms with Gasteiger partial charge in [0, 0.05) is 0 Å². The van der Waals surface area contributed by atoms with Gasteiger partial charge in [-0.25, -0.2) is 9.59 Å². The van der Waals surface area contributed by atoms with Gasteiger partial charge in [0.05, 0.1) is 12.2 Å². The summed E-state index contributed by atoms with van der Waals surface area (Å²) in [7, 11) is 0. The molecule has 2 aliphatic rings. The number of hydrogen-bond acceptors (Lipinski definition) is 2. The number of carbonyl (C=O) groups is 2. The first-order valence-electron chi connectivity index (χ1n) is 4.30. The van der Waals surface area contributed by atoms with Crippen molar-refractivity contribution in [1.82, 2.24) is 9.34 Å². The lowest BCUT2D eigenvalue weighted by Gasteiger charge is -1.79. The van der Waals surface area contributed by atoms with Crippen LogP contribution in [0.2, 0.25) is 0 Å². The second-order valence-electron chi connectivity index (χ2n) is 3.10. The van der Waals surface area contributed by atoms with Crippen molar-refractivity contribution in [3.63, 3.8) is 0 Å². The maximum absolute atomic E-state index is 10.6. The number of carboxylic acids is 2. The van der Waals surface area contributed by atoms with Crippen LogP contribution in [0.4, 0.5) is 0 Å². The molecule has 0 amide bonds. The van der Waals surface area contributed by atoms with Crippen molar-refractivity contribution in [2.75, 3.05) is 0 Å². The first-order chi connectivity index (χ1) is 7.58. The number of aliphatic carboxylic acids is 2. The lowest BCUT2D eigenvalue weighted by molar-refractivity contribution is -0.133. The van der Waals surface area contributed by atoms with Crippen LogP contribution in [-0.2, 0) is 9.59 Å². The molecule has 0 aliphatic carbocycles. The molecule has 0 aromatic heterocycles. The van der Waals surface area contributed by atoms with Crippen LogP contribution in [0.25, 0.3) is 0 Å². The molecule has 0 saturated heterocycles. The van der Waals surface area contributed by atoms with Crippen LogP contribution in [-0.4, -0.2) is 46.0 Å². The number of carboxylic acid groups (broad SMARTS) is 2. The molecule has 0 bridgehead atoms. The van der Waals surface area contributed by atoms with Crippen LogP contribution < -0.4 is 9.34 Å². The first kappa shape index (κ1) is 9.86. The van der Waals surface area contributed by atoms with E-state index >= 15 is 0 Å². The van der Waals surface area contributed by atoms with Gasteiger partial charge in [-0.2, -0.15) is 0 Å². The van der Waals surface area contributed by atoms with Crippen LogP contribution in [0, 0.1) is 0 Å². The Labute approximate surface area is 89.0 Å². The predicted molar refractivity (Wildman–Crippen MR) is 57.8 cm³/mol. The highest BCUT2D eigenvalue weighted by atomic mass is 16.4. The summed E-state index contributed by atoms with van der Waals surface area (Å²) in [6, 6.07) is 0. The fraction of sp³-hybridized carbons (Fsp3) is 0. The monoisotopic (exact) mass is 218 g/mol. The summed E-state index contributed by atoms with van der Waals surface area (Å²) in [5, 5.41) is 17.4. The zero-order valence-corrected chi connectivity index (χ0v) is 7.91. The van der Waals surface area contributed by atoms with Gasteiger partial charge in [0.25, 0.3) is 0 Å². The van der Waals surface area contributed by atoms with Crippen LogP contribution in [0.1, 0.15) is 0 Å². The van der Waals surface area contributed by atoms with Gasteiger partial charge < -0.3 is 10.2 Å². The van der Waals surface area contributed by atoms with E-state index in [1.54, 1.807) is 0 Å². The van der Waals surface area contributed by atoms with Gasteiger partial charge in [-0.3, -0.25) is 0 Å². The molecule has 0 aromatic carbocycles. The molecule has 0 radical (unpaired) electrons. The van der Waals surface area contributed by atoms with Crippen molar-refractivity contribution in [3.8, 4) is 0 Å². The number of rotatable bonds is 3. The molecule has 0 aromatic rings. The van der Waals surface area contributed by atoms with Crippen molar-refractivity contribution in [2.45, 2.75) is 0 Å². The van der Waals surface area contributed by atoms with E-state index in [1.807, 2.05) is 0 Å². The number of allylic oxidation sites excluding steroid dienone is 2. The maximum atomic E-state index is 10.6. The average Bonchev–Trinajstić information content (AvgIpc) is 2.86. The predicted octanol–water partition coefficient (Wildman–Crippen LogP) is -1.81. The van der Waals surface area contributed by atoms with E-state index in [0.29, 0.717) is 11.4 Å². The zero-order chi connectivity index (χ0) is 11.7. The fourth-order valence-corrected chi connectivity index (χ4v) is 1.24. The van der Waals surface area contributed by atoms with Gasteiger partial charge in [0.2, 0.25) is 0 Å². The van der Waals surface area contributed by atoms with Crippen LogP contribution in [0.5, 0.6) is 0 Å². The SMILES string of the molecule is O=C(O)C1=CC(C2=[N+]=CC(C(=O)O)=C2)=[N+]=C1. The minimum atomic E-state index is -1.08. The lowest BCUT2D eigenvalue weighted by atomic mass is 10.1. The molecule has 0 unspecified atom stereocenters. The molecule has 0 atom stereocenters. The van der Waals surface area contributed by atoms with E-state index < -0.39 is 11.9 Å². The number of nitrogens with zero attached hydrogens (tertiary/aromatic N) is 2. The van der Waals surface area contributed by atoms with Crippen molar-refractivity contribution >= 4 is 35.8 Å². The summed E-state index contributed by atoms with van der Waals surface area (Å²) in [4.78, 5) is 21.2. The molecular weight excluding hydrogens is 212 g/mol. The highest BCUT2D eigenvalue weighted by Gasteiger charge is 2.34. The molecule has 0 fully saturated rings. The van der Waals surface area contributed by atoms with Crippen molar-refractivity contribution in [3.05, 3.63) is 23.3 Å². The Morgan fingerprint density at radius 1 is 0.875 bits per heavy atom.